The molecule has 0 aromatic carbocycles. The summed E-state index contributed by atoms with van der Waals surface area (Å²) in [4.78, 5) is 17.7. The fourth-order valence-electron chi connectivity index (χ4n) is 2.05. The number of halogens is 1. The molecule has 1 aliphatic heterocycles. The van der Waals surface area contributed by atoms with E-state index in [0.29, 0.717) is 17.9 Å². The van der Waals surface area contributed by atoms with Crippen LogP contribution in [0.5, 0.6) is 0 Å². The van der Waals surface area contributed by atoms with Gasteiger partial charge >= 0.3 is 0 Å². The van der Waals surface area contributed by atoms with Crippen LogP contribution < -0.4 is 10.6 Å². The van der Waals surface area contributed by atoms with E-state index in [4.69, 9.17) is 5.73 Å². The topological polar surface area (TPSA) is 59.2 Å². The third-order valence-corrected chi connectivity index (χ3v) is 3.34. The van der Waals surface area contributed by atoms with Crippen LogP contribution in [0.2, 0.25) is 0 Å². The van der Waals surface area contributed by atoms with E-state index in [1.54, 1.807) is 11.1 Å². The van der Waals surface area contributed by atoms with Crippen LogP contribution in [0, 0.1) is 0 Å². The van der Waals surface area contributed by atoms with Gasteiger partial charge in [-0.05, 0) is 42.3 Å². The van der Waals surface area contributed by atoms with Crippen molar-refractivity contribution in [1.29, 1.82) is 0 Å². The van der Waals surface area contributed by atoms with Crippen molar-refractivity contribution in [3.05, 3.63) is 16.7 Å². The summed E-state index contributed by atoms with van der Waals surface area (Å²) < 4.78 is 0.826. The Bertz CT molecular complexity index is 445. The molecule has 2 rings (SSSR count). The number of nitrogen functional groups attached to an aromatic ring is 1. The largest absolute Gasteiger partial charge is 0.382 e. The maximum Gasteiger partial charge on any atom is 0.227 e. The molecule has 1 aromatic rings. The fraction of sp³-hybridized carbons (Fsp3) is 0.455. The molecule has 0 atom stereocenters. The van der Waals surface area contributed by atoms with Crippen LogP contribution in [0.4, 0.5) is 11.5 Å². The van der Waals surface area contributed by atoms with Crippen molar-refractivity contribution in [3.63, 3.8) is 0 Å². The van der Waals surface area contributed by atoms with Crippen molar-refractivity contribution >= 4 is 33.3 Å². The van der Waals surface area contributed by atoms with Crippen molar-refractivity contribution in [1.82, 2.24) is 4.98 Å². The number of amides is 1. The van der Waals surface area contributed by atoms with Crippen molar-refractivity contribution in [2.75, 3.05) is 10.6 Å². The molecule has 1 amide bonds. The number of aromatic nitrogens is 1. The van der Waals surface area contributed by atoms with Crippen LogP contribution >= 0.6 is 15.9 Å². The summed E-state index contributed by atoms with van der Waals surface area (Å²) in [6.45, 7) is 4.08. The number of rotatable bonds is 1. The number of anilines is 2. The molecule has 4 nitrogen and oxygen atoms in total. The lowest BCUT2D eigenvalue weighted by Gasteiger charge is -2.32. The summed E-state index contributed by atoms with van der Waals surface area (Å²) in [6.07, 6.45) is 3.04. The minimum atomic E-state index is -0.187. The van der Waals surface area contributed by atoms with E-state index in [1.165, 1.54) is 0 Å². The van der Waals surface area contributed by atoms with Gasteiger partial charge in [-0.2, -0.15) is 0 Å². The Hall–Kier alpha value is -1.10. The highest BCUT2D eigenvalue weighted by Gasteiger charge is 2.39. The molecule has 0 radical (unpaired) electrons. The van der Waals surface area contributed by atoms with Gasteiger partial charge in [-0.15, -0.1) is 0 Å². The van der Waals surface area contributed by atoms with E-state index >= 15 is 0 Å². The molecular weight excluding hydrogens is 270 g/mol. The maximum atomic E-state index is 11.9. The van der Waals surface area contributed by atoms with E-state index in [9.17, 15) is 4.79 Å². The van der Waals surface area contributed by atoms with Crippen molar-refractivity contribution in [2.24, 2.45) is 0 Å². The SMILES string of the molecule is CC1(C)CCC(=O)N1c1cc(Br)cnc1N. The first-order valence-corrected chi connectivity index (χ1v) is 5.95. The highest BCUT2D eigenvalue weighted by atomic mass is 79.9. The normalized spacial score (nSPS) is 19.2. The van der Waals surface area contributed by atoms with Crippen molar-refractivity contribution in [2.45, 2.75) is 32.2 Å². The van der Waals surface area contributed by atoms with Crippen LogP contribution in [-0.4, -0.2) is 16.4 Å². The monoisotopic (exact) mass is 283 g/mol. The second-order valence-electron chi connectivity index (χ2n) is 4.60. The first kappa shape index (κ1) is 11.4. The molecule has 1 aromatic heterocycles. The Morgan fingerprint density at radius 2 is 2.25 bits per heavy atom. The third-order valence-electron chi connectivity index (χ3n) is 2.91. The number of nitrogens with zero attached hydrogens (tertiary/aromatic N) is 2. The first-order valence-electron chi connectivity index (χ1n) is 5.16. The van der Waals surface area contributed by atoms with Gasteiger partial charge in [0.05, 0.1) is 5.69 Å². The Balaban J connectivity index is 2.50. The average Bonchev–Trinajstić information content (AvgIpc) is 2.46. The summed E-state index contributed by atoms with van der Waals surface area (Å²) in [5, 5.41) is 0. The molecular formula is C11H14BrN3O. The zero-order chi connectivity index (χ0) is 11.9. The smallest absolute Gasteiger partial charge is 0.227 e. The van der Waals surface area contributed by atoms with Gasteiger partial charge in [-0.1, -0.05) is 0 Å². The van der Waals surface area contributed by atoms with E-state index in [-0.39, 0.29) is 11.4 Å². The average molecular weight is 284 g/mol. The Morgan fingerprint density at radius 1 is 1.56 bits per heavy atom. The second-order valence-corrected chi connectivity index (χ2v) is 5.52. The standard InChI is InChI=1S/C11H14BrN3O/c1-11(2)4-3-9(16)15(11)8-5-7(12)6-14-10(8)13/h5-6H,3-4H2,1-2H3,(H2,13,14). The molecule has 5 heteroatoms. The van der Waals surface area contributed by atoms with Crippen LogP contribution in [0.15, 0.2) is 16.7 Å². The maximum absolute atomic E-state index is 11.9. The third kappa shape index (κ3) is 1.80. The number of nitrogens with two attached hydrogens (primary N) is 1. The second kappa shape index (κ2) is 3.73. The number of hydrogen-bond donors (Lipinski definition) is 1. The lowest BCUT2D eigenvalue weighted by Crippen LogP contribution is -2.41. The van der Waals surface area contributed by atoms with E-state index in [0.717, 1.165) is 10.9 Å². The molecule has 1 saturated heterocycles. The Morgan fingerprint density at radius 3 is 2.81 bits per heavy atom. The Kier molecular flexibility index (Phi) is 2.66. The zero-order valence-electron chi connectivity index (χ0n) is 9.33. The van der Waals surface area contributed by atoms with Gasteiger partial charge < -0.3 is 10.6 Å². The first-order chi connectivity index (χ1) is 7.42. The van der Waals surface area contributed by atoms with Crippen LogP contribution in [0.3, 0.4) is 0 Å². The summed E-state index contributed by atoms with van der Waals surface area (Å²) in [7, 11) is 0. The highest BCUT2D eigenvalue weighted by molar-refractivity contribution is 9.10. The fourth-order valence-corrected chi connectivity index (χ4v) is 2.37. The van der Waals surface area contributed by atoms with Crippen molar-refractivity contribution < 1.29 is 4.79 Å². The molecule has 2 N–H and O–H groups in total. The van der Waals surface area contributed by atoms with Gasteiger partial charge in [0.25, 0.3) is 0 Å². The van der Waals surface area contributed by atoms with Gasteiger partial charge in [0.2, 0.25) is 5.91 Å². The molecule has 1 aliphatic rings. The van der Waals surface area contributed by atoms with Crippen molar-refractivity contribution in [3.8, 4) is 0 Å². The quantitative estimate of drug-likeness (QED) is 0.861. The van der Waals surface area contributed by atoms with E-state index in [2.05, 4.69) is 20.9 Å². The van der Waals surface area contributed by atoms with Gasteiger partial charge in [-0.25, -0.2) is 4.98 Å². The zero-order valence-corrected chi connectivity index (χ0v) is 10.9. The van der Waals surface area contributed by atoms with Gasteiger partial charge in [-0.3, -0.25) is 4.79 Å². The number of carbonyl (C=O) groups is 1. The molecule has 0 spiro atoms. The summed E-state index contributed by atoms with van der Waals surface area (Å²) in [6, 6.07) is 1.84. The molecule has 0 saturated carbocycles. The highest BCUT2D eigenvalue weighted by Crippen LogP contribution is 2.37. The summed E-state index contributed by atoms with van der Waals surface area (Å²) in [5.41, 5.74) is 6.34. The van der Waals surface area contributed by atoms with Gasteiger partial charge in [0.15, 0.2) is 0 Å². The van der Waals surface area contributed by atoms with Gasteiger partial charge in [0, 0.05) is 22.6 Å². The predicted octanol–water partition coefficient (Wildman–Crippen LogP) is 2.33. The molecule has 0 bridgehead atoms. The van der Waals surface area contributed by atoms with Crippen LogP contribution in [0.25, 0.3) is 0 Å². The molecule has 16 heavy (non-hydrogen) atoms. The molecule has 1 fully saturated rings. The molecule has 2 heterocycles. The number of pyridine rings is 1. The lowest BCUT2D eigenvalue weighted by atomic mass is 10.0. The lowest BCUT2D eigenvalue weighted by molar-refractivity contribution is -0.117. The molecule has 86 valence electrons. The number of hydrogen-bond acceptors (Lipinski definition) is 3. The Labute approximate surface area is 103 Å². The number of carbonyl (C=O) groups excluding carboxylic acids is 1. The van der Waals surface area contributed by atoms with Crippen LogP contribution in [0.1, 0.15) is 26.7 Å². The minimum Gasteiger partial charge on any atom is -0.382 e. The van der Waals surface area contributed by atoms with E-state index in [1.807, 2.05) is 19.9 Å². The summed E-state index contributed by atoms with van der Waals surface area (Å²) in [5.74, 6) is 0.503. The van der Waals surface area contributed by atoms with Crippen LogP contribution in [-0.2, 0) is 4.79 Å². The summed E-state index contributed by atoms with van der Waals surface area (Å²) >= 11 is 3.34. The molecule has 0 unspecified atom stereocenters. The van der Waals surface area contributed by atoms with E-state index < -0.39 is 0 Å². The minimum absolute atomic E-state index is 0.108. The molecule has 0 aliphatic carbocycles. The van der Waals surface area contributed by atoms with Gasteiger partial charge in [0.1, 0.15) is 5.82 Å². The predicted molar refractivity (Wildman–Crippen MR) is 67.1 cm³/mol.